The largest absolute Gasteiger partial charge is 0.258 e. The van der Waals surface area contributed by atoms with Gasteiger partial charge >= 0.3 is 0 Å². The smallest absolute Gasteiger partial charge is 0.0568 e. The first-order chi connectivity index (χ1) is 6.17. The van der Waals surface area contributed by atoms with Crippen LogP contribution in [0, 0.1) is 0 Å². The quantitative estimate of drug-likeness (QED) is 0.417. The van der Waals surface area contributed by atoms with Gasteiger partial charge in [-0.25, -0.2) is 4.40 Å². The second kappa shape index (κ2) is 6.69. The van der Waals surface area contributed by atoms with E-state index in [0.29, 0.717) is 0 Å². The summed E-state index contributed by atoms with van der Waals surface area (Å²) < 4.78 is 4.08. The predicted molar refractivity (Wildman–Crippen MR) is 62.6 cm³/mol. The summed E-state index contributed by atoms with van der Waals surface area (Å²) in [7, 11) is 0. The van der Waals surface area contributed by atoms with E-state index >= 15 is 0 Å². The highest BCUT2D eigenvalue weighted by atomic mass is 32.2. The SMILES string of the molecule is C=C/C=C(/C)C(=C)/C(CC)=N\SN. The summed E-state index contributed by atoms with van der Waals surface area (Å²) in [5.74, 6) is 0. The maximum Gasteiger partial charge on any atom is 0.0568 e. The third-order valence-electron chi connectivity index (χ3n) is 1.69. The summed E-state index contributed by atoms with van der Waals surface area (Å²) >= 11 is 0.972. The van der Waals surface area contributed by atoms with Crippen LogP contribution in [0.15, 0.2) is 40.9 Å². The van der Waals surface area contributed by atoms with E-state index in [-0.39, 0.29) is 0 Å². The van der Waals surface area contributed by atoms with Gasteiger partial charge in [-0.1, -0.05) is 32.2 Å². The Morgan fingerprint density at radius 2 is 2.23 bits per heavy atom. The zero-order valence-corrected chi connectivity index (χ0v) is 9.03. The fourth-order valence-electron chi connectivity index (χ4n) is 0.902. The minimum Gasteiger partial charge on any atom is -0.258 e. The van der Waals surface area contributed by atoms with Gasteiger partial charge in [-0.15, -0.1) is 0 Å². The molecule has 2 N–H and O–H groups in total. The van der Waals surface area contributed by atoms with E-state index in [1.54, 1.807) is 6.08 Å². The lowest BCUT2D eigenvalue weighted by Gasteiger charge is -2.06. The molecular formula is C10H16N2S. The molecule has 0 aromatic heterocycles. The molecule has 0 aromatic carbocycles. The molecule has 72 valence electrons. The lowest BCUT2D eigenvalue weighted by molar-refractivity contribution is 1.27. The summed E-state index contributed by atoms with van der Waals surface area (Å²) in [5, 5.41) is 5.27. The molecule has 0 aliphatic carbocycles. The average molecular weight is 196 g/mol. The molecular weight excluding hydrogens is 180 g/mol. The van der Waals surface area contributed by atoms with Crippen LogP contribution in [0.1, 0.15) is 20.3 Å². The van der Waals surface area contributed by atoms with Crippen LogP contribution in [0.25, 0.3) is 0 Å². The van der Waals surface area contributed by atoms with Crippen LogP contribution in [0.5, 0.6) is 0 Å². The van der Waals surface area contributed by atoms with Crippen molar-refractivity contribution < 1.29 is 0 Å². The van der Waals surface area contributed by atoms with Crippen LogP contribution in [0.2, 0.25) is 0 Å². The minimum absolute atomic E-state index is 0.839. The molecule has 0 spiro atoms. The molecule has 0 aliphatic rings. The second-order valence-electron chi connectivity index (χ2n) is 2.56. The number of nitrogens with two attached hydrogens (primary N) is 1. The standard InChI is InChI=1S/C10H16N2S/c1-5-7-8(3)9(4)10(6-2)12-13-11/h5,7H,1,4,6,11H2,2-3H3/b8-7-,12-10-. The minimum atomic E-state index is 0.839. The zero-order chi connectivity index (χ0) is 10.3. The average Bonchev–Trinajstić information content (AvgIpc) is 2.13. The Hall–Kier alpha value is -0.800. The third kappa shape index (κ3) is 4.10. The molecule has 13 heavy (non-hydrogen) atoms. The molecule has 0 radical (unpaired) electrons. The van der Waals surface area contributed by atoms with E-state index in [1.165, 1.54) is 0 Å². The Balaban J connectivity index is 4.65. The monoisotopic (exact) mass is 196 g/mol. The molecule has 0 rings (SSSR count). The van der Waals surface area contributed by atoms with E-state index in [2.05, 4.69) is 17.6 Å². The molecule has 0 fully saturated rings. The Morgan fingerprint density at radius 1 is 1.62 bits per heavy atom. The highest BCUT2D eigenvalue weighted by molar-refractivity contribution is 7.95. The van der Waals surface area contributed by atoms with Gasteiger partial charge in [0.1, 0.15) is 0 Å². The molecule has 0 amide bonds. The first-order valence-electron chi connectivity index (χ1n) is 4.09. The van der Waals surface area contributed by atoms with Gasteiger partial charge in [-0.3, -0.25) is 5.14 Å². The fraction of sp³-hybridized carbons (Fsp3) is 0.300. The van der Waals surface area contributed by atoms with E-state index < -0.39 is 0 Å². The molecule has 0 atom stereocenters. The second-order valence-corrected chi connectivity index (χ2v) is 2.95. The summed E-state index contributed by atoms with van der Waals surface area (Å²) in [6.07, 6.45) is 4.49. The molecule has 0 heterocycles. The normalized spacial score (nSPS) is 12.8. The molecule has 2 nitrogen and oxygen atoms in total. The van der Waals surface area contributed by atoms with Crippen molar-refractivity contribution in [2.24, 2.45) is 9.54 Å². The first kappa shape index (κ1) is 12.2. The van der Waals surface area contributed by atoms with Crippen molar-refractivity contribution >= 4 is 17.8 Å². The van der Waals surface area contributed by atoms with Gasteiger partial charge < -0.3 is 0 Å². The molecule has 3 heteroatoms. The number of rotatable bonds is 5. The Bertz CT molecular complexity index is 252. The van der Waals surface area contributed by atoms with Crippen LogP contribution in [-0.2, 0) is 0 Å². The van der Waals surface area contributed by atoms with Crippen molar-refractivity contribution in [3.8, 4) is 0 Å². The molecule has 0 bridgehead atoms. The van der Waals surface area contributed by atoms with Crippen LogP contribution < -0.4 is 5.14 Å². The van der Waals surface area contributed by atoms with Crippen molar-refractivity contribution in [2.45, 2.75) is 20.3 Å². The van der Waals surface area contributed by atoms with Crippen molar-refractivity contribution in [1.29, 1.82) is 0 Å². The maximum atomic E-state index is 5.27. The Kier molecular flexibility index (Phi) is 6.28. The van der Waals surface area contributed by atoms with Crippen LogP contribution in [-0.4, -0.2) is 5.71 Å². The highest BCUT2D eigenvalue weighted by Gasteiger charge is 2.03. The molecule has 0 unspecified atom stereocenters. The number of hydrogen-bond donors (Lipinski definition) is 1. The van der Waals surface area contributed by atoms with E-state index in [9.17, 15) is 0 Å². The topological polar surface area (TPSA) is 38.4 Å². The predicted octanol–water partition coefficient (Wildman–Crippen LogP) is 3.05. The number of allylic oxidation sites excluding steroid dienone is 4. The van der Waals surface area contributed by atoms with Crippen molar-refractivity contribution in [3.05, 3.63) is 36.5 Å². The van der Waals surface area contributed by atoms with E-state index in [4.69, 9.17) is 5.14 Å². The van der Waals surface area contributed by atoms with Gasteiger partial charge in [-0.05, 0) is 24.5 Å². The summed E-state index contributed by atoms with van der Waals surface area (Å²) in [6.45, 7) is 11.6. The van der Waals surface area contributed by atoms with Crippen LogP contribution >= 0.6 is 12.1 Å². The maximum absolute atomic E-state index is 5.27. The summed E-state index contributed by atoms with van der Waals surface area (Å²) in [6, 6.07) is 0. The third-order valence-corrected chi connectivity index (χ3v) is 2.02. The van der Waals surface area contributed by atoms with Crippen molar-refractivity contribution in [1.82, 2.24) is 0 Å². The molecule has 0 aliphatic heterocycles. The number of nitrogens with zero attached hydrogens (tertiary/aromatic N) is 1. The fourth-order valence-corrected chi connectivity index (χ4v) is 1.27. The zero-order valence-electron chi connectivity index (χ0n) is 8.21. The lowest BCUT2D eigenvalue weighted by Crippen LogP contribution is -2.01. The van der Waals surface area contributed by atoms with Gasteiger partial charge in [-0.2, -0.15) is 0 Å². The van der Waals surface area contributed by atoms with Crippen LogP contribution in [0.3, 0.4) is 0 Å². The van der Waals surface area contributed by atoms with Crippen molar-refractivity contribution in [2.75, 3.05) is 0 Å². The number of hydrogen-bond acceptors (Lipinski definition) is 3. The van der Waals surface area contributed by atoms with Crippen LogP contribution in [0.4, 0.5) is 0 Å². The molecule has 0 saturated heterocycles. The van der Waals surface area contributed by atoms with E-state index in [0.717, 1.165) is 35.4 Å². The highest BCUT2D eigenvalue weighted by Crippen LogP contribution is 2.13. The first-order valence-corrected chi connectivity index (χ1v) is 4.92. The molecule has 0 aromatic rings. The van der Waals surface area contributed by atoms with Gasteiger partial charge in [0.25, 0.3) is 0 Å². The Morgan fingerprint density at radius 3 is 2.62 bits per heavy atom. The summed E-state index contributed by atoms with van der Waals surface area (Å²) in [5.41, 5.74) is 2.94. The van der Waals surface area contributed by atoms with Gasteiger partial charge in [0.2, 0.25) is 0 Å². The van der Waals surface area contributed by atoms with E-state index in [1.807, 2.05) is 19.9 Å². The van der Waals surface area contributed by atoms with Crippen molar-refractivity contribution in [3.63, 3.8) is 0 Å². The van der Waals surface area contributed by atoms with Gasteiger partial charge in [0.05, 0.1) is 17.8 Å². The Labute approximate surface area is 84.6 Å². The lowest BCUT2D eigenvalue weighted by atomic mass is 10.0. The van der Waals surface area contributed by atoms with Gasteiger partial charge in [0, 0.05) is 0 Å². The summed E-state index contributed by atoms with van der Waals surface area (Å²) in [4.78, 5) is 0. The molecule has 0 saturated carbocycles. The van der Waals surface area contributed by atoms with Gasteiger partial charge in [0.15, 0.2) is 0 Å².